The van der Waals surface area contributed by atoms with Crippen LogP contribution < -0.4 is 10.6 Å². The third-order valence-corrected chi connectivity index (χ3v) is 2.75. The van der Waals surface area contributed by atoms with Gasteiger partial charge in [0.2, 0.25) is 0 Å². The molecule has 0 bridgehead atoms. The molecule has 0 saturated heterocycles. The zero-order chi connectivity index (χ0) is 15.4. The van der Waals surface area contributed by atoms with Crippen LogP contribution in [0.3, 0.4) is 0 Å². The van der Waals surface area contributed by atoms with Crippen molar-refractivity contribution in [1.29, 1.82) is 0 Å². The Morgan fingerprint density at radius 1 is 1.00 bits per heavy atom. The van der Waals surface area contributed by atoms with E-state index in [9.17, 15) is 18.4 Å². The molecule has 0 aliphatic heterocycles. The Balaban J connectivity index is 2.03. The van der Waals surface area contributed by atoms with Gasteiger partial charge in [-0.25, -0.2) is 13.6 Å². The first-order valence-corrected chi connectivity index (χ1v) is 6.16. The van der Waals surface area contributed by atoms with Crippen molar-refractivity contribution in [2.75, 3.05) is 5.32 Å². The number of urea groups is 1. The van der Waals surface area contributed by atoms with E-state index in [-0.39, 0.29) is 0 Å². The van der Waals surface area contributed by atoms with Gasteiger partial charge in [0.15, 0.2) is 0 Å². The number of rotatable bonds is 2. The van der Waals surface area contributed by atoms with Crippen LogP contribution in [0.15, 0.2) is 42.5 Å². The van der Waals surface area contributed by atoms with Crippen LogP contribution in [0.2, 0.25) is 5.02 Å². The molecular formula is C14H9ClF2N2O2. The molecule has 7 heteroatoms. The van der Waals surface area contributed by atoms with Crippen LogP contribution in [0.25, 0.3) is 0 Å². The van der Waals surface area contributed by atoms with Crippen molar-refractivity contribution in [3.05, 3.63) is 64.7 Å². The molecule has 0 spiro atoms. The summed E-state index contributed by atoms with van der Waals surface area (Å²) < 4.78 is 26.3. The molecule has 0 unspecified atom stereocenters. The van der Waals surface area contributed by atoms with E-state index in [1.807, 2.05) is 5.32 Å². The topological polar surface area (TPSA) is 58.2 Å². The number of hydrogen-bond acceptors (Lipinski definition) is 2. The van der Waals surface area contributed by atoms with Gasteiger partial charge in [-0.05, 0) is 42.5 Å². The van der Waals surface area contributed by atoms with Gasteiger partial charge in [-0.1, -0.05) is 11.6 Å². The van der Waals surface area contributed by atoms with Crippen molar-refractivity contribution >= 4 is 29.2 Å². The van der Waals surface area contributed by atoms with Gasteiger partial charge in [-0.15, -0.1) is 0 Å². The minimum Gasteiger partial charge on any atom is -0.308 e. The van der Waals surface area contributed by atoms with E-state index in [1.54, 1.807) is 12.1 Å². The molecule has 0 saturated carbocycles. The normalized spacial score (nSPS) is 10.0. The molecule has 108 valence electrons. The van der Waals surface area contributed by atoms with Gasteiger partial charge in [-0.2, -0.15) is 0 Å². The van der Waals surface area contributed by atoms with Gasteiger partial charge < -0.3 is 5.32 Å². The molecule has 0 heterocycles. The van der Waals surface area contributed by atoms with E-state index < -0.39 is 29.1 Å². The van der Waals surface area contributed by atoms with Crippen LogP contribution in [-0.2, 0) is 0 Å². The van der Waals surface area contributed by atoms with Crippen LogP contribution in [0.5, 0.6) is 0 Å². The Hall–Kier alpha value is -2.47. The van der Waals surface area contributed by atoms with E-state index in [1.165, 1.54) is 12.1 Å². The van der Waals surface area contributed by atoms with Crippen molar-refractivity contribution < 1.29 is 18.4 Å². The van der Waals surface area contributed by atoms with Crippen molar-refractivity contribution in [2.45, 2.75) is 0 Å². The highest BCUT2D eigenvalue weighted by atomic mass is 35.5. The number of benzene rings is 2. The summed E-state index contributed by atoms with van der Waals surface area (Å²) in [5, 5.41) is 4.74. The number of carbonyl (C=O) groups excluding carboxylic acids is 2. The Morgan fingerprint density at radius 3 is 2.33 bits per heavy atom. The number of hydrogen-bond donors (Lipinski definition) is 2. The molecule has 0 atom stereocenters. The Morgan fingerprint density at radius 2 is 1.67 bits per heavy atom. The number of imide groups is 1. The maximum atomic E-state index is 13.4. The maximum Gasteiger partial charge on any atom is 0.326 e. The first kappa shape index (κ1) is 14.9. The maximum absolute atomic E-state index is 13.4. The second kappa shape index (κ2) is 6.32. The van der Waals surface area contributed by atoms with Gasteiger partial charge in [-0.3, -0.25) is 10.1 Å². The number of nitrogens with one attached hydrogen (secondary N) is 2. The fourth-order valence-corrected chi connectivity index (χ4v) is 1.66. The highest BCUT2D eigenvalue weighted by molar-refractivity contribution is 6.30. The highest BCUT2D eigenvalue weighted by Crippen LogP contribution is 2.13. The van der Waals surface area contributed by atoms with Crippen molar-refractivity contribution in [3.63, 3.8) is 0 Å². The number of carbonyl (C=O) groups is 2. The van der Waals surface area contributed by atoms with Gasteiger partial charge in [0.1, 0.15) is 11.6 Å². The summed E-state index contributed by atoms with van der Waals surface area (Å²) in [7, 11) is 0. The summed E-state index contributed by atoms with van der Waals surface area (Å²) in [5.74, 6) is -2.74. The molecule has 4 nitrogen and oxygen atoms in total. The SMILES string of the molecule is O=C(NC(=O)c1cc(F)ccc1F)Nc1ccc(Cl)cc1. The molecule has 2 aromatic rings. The van der Waals surface area contributed by atoms with Crippen molar-refractivity contribution in [3.8, 4) is 0 Å². The van der Waals surface area contributed by atoms with Crippen LogP contribution >= 0.6 is 11.6 Å². The molecular weight excluding hydrogens is 302 g/mol. The number of halogens is 3. The first-order chi connectivity index (χ1) is 9.95. The van der Waals surface area contributed by atoms with Gasteiger partial charge in [0.25, 0.3) is 5.91 Å². The Bertz CT molecular complexity index is 690. The quantitative estimate of drug-likeness (QED) is 0.890. The van der Waals surface area contributed by atoms with Crippen molar-refractivity contribution in [1.82, 2.24) is 5.32 Å². The first-order valence-electron chi connectivity index (χ1n) is 5.78. The van der Waals surface area contributed by atoms with Gasteiger partial charge in [0, 0.05) is 10.7 Å². The fourth-order valence-electron chi connectivity index (χ4n) is 1.54. The molecule has 0 fully saturated rings. The third kappa shape index (κ3) is 4.00. The smallest absolute Gasteiger partial charge is 0.308 e. The zero-order valence-electron chi connectivity index (χ0n) is 10.5. The van der Waals surface area contributed by atoms with E-state index >= 15 is 0 Å². The average Bonchev–Trinajstić information content (AvgIpc) is 2.44. The standard InChI is InChI=1S/C14H9ClF2N2O2/c15-8-1-4-10(5-2-8)18-14(21)19-13(20)11-7-9(16)3-6-12(11)17/h1-7H,(H2,18,19,20,21). The molecule has 2 N–H and O–H groups in total. The van der Waals surface area contributed by atoms with E-state index in [4.69, 9.17) is 11.6 Å². The van der Waals surface area contributed by atoms with Crippen molar-refractivity contribution in [2.24, 2.45) is 0 Å². The fraction of sp³-hybridized carbons (Fsp3) is 0. The molecule has 0 aromatic heterocycles. The van der Waals surface area contributed by atoms with Crippen LogP contribution in [-0.4, -0.2) is 11.9 Å². The van der Waals surface area contributed by atoms with E-state index in [0.717, 1.165) is 12.1 Å². The summed E-state index contributed by atoms with van der Waals surface area (Å²) in [6.07, 6.45) is 0. The third-order valence-electron chi connectivity index (χ3n) is 2.50. The minimum atomic E-state index is -1.04. The summed E-state index contributed by atoms with van der Waals surface area (Å²) in [6, 6.07) is 7.66. The van der Waals surface area contributed by atoms with Crippen LogP contribution in [0, 0.1) is 11.6 Å². The lowest BCUT2D eigenvalue weighted by atomic mass is 10.2. The summed E-state index contributed by atoms with van der Waals surface area (Å²) in [4.78, 5) is 23.3. The molecule has 0 aliphatic rings. The Kier molecular flexibility index (Phi) is 4.49. The molecule has 2 aromatic carbocycles. The summed E-state index contributed by atoms with van der Waals surface area (Å²) in [5.41, 5.74) is -0.161. The second-order valence-corrected chi connectivity index (χ2v) is 4.48. The molecule has 0 radical (unpaired) electrons. The predicted octanol–water partition coefficient (Wildman–Crippen LogP) is 3.58. The summed E-state index contributed by atoms with van der Waals surface area (Å²) >= 11 is 5.69. The average molecular weight is 311 g/mol. The van der Waals surface area contributed by atoms with Crippen LogP contribution in [0.1, 0.15) is 10.4 Å². The predicted molar refractivity (Wildman–Crippen MR) is 74.3 cm³/mol. The largest absolute Gasteiger partial charge is 0.326 e. The lowest BCUT2D eigenvalue weighted by Crippen LogP contribution is -2.34. The minimum absolute atomic E-state index is 0.393. The van der Waals surface area contributed by atoms with E-state index in [2.05, 4.69) is 5.32 Å². The molecule has 3 amide bonds. The highest BCUT2D eigenvalue weighted by Gasteiger charge is 2.15. The van der Waals surface area contributed by atoms with Gasteiger partial charge in [0.05, 0.1) is 5.56 Å². The Labute approximate surface area is 123 Å². The summed E-state index contributed by atoms with van der Waals surface area (Å²) in [6.45, 7) is 0. The monoisotopic (exact) mass is 310 g/mol. The number of anilines is 1. The molecule has 0 aliphatic carbocycles. The number of amides is 3. The lowest BCUT2D eigenvalue weighted by molar-refractivity contribution is 0.0962. The molecule has 2 rings (SSSR count). The lowest BCUT2D eigenvalue weighted by Gasteiger charge is -2.07. The van der Waals surface area contributed by atoms with E-state index in [0.29, 0.717) is 16.8 Å². The van der Waals surface area contributed by atoms with Gasteiger partial charge >= 0.3 is 6.03 Å². The van der Waals surface area contributed by atoms with Crippen LogP contribution in [0.4, 0.5) is 19.3 Å². The molecule has 21 heavy (non-hydrogen) atoms. The second-order valence-electron chi connectivity index (χ2n) is 4.04. The zero-order valence-corrected chi connectivity index (χ0v) is 11.2.